The van der Waals surface area contributed by atoms with Crippen molar-refractivity contribution in [3.8, 4) is 11.5 Å². The molecule has 1 aliphatic carbocycles. The molecule has 4 aromatic rings. The van der Waals surface area contributed by atoms with Gasteiger partial charge in [-0.05, 0) is 78.9 Å². The summed E-state index contributed by atoms with van der Waals surface area (Å²) in [7, 11) is 3.25. The molecule has 2 heterocycles. The van der Waals surface area contributed by atoms with Crippen molar-refractivity contribution in [2.75, 3.05) is 14.2 Å². The van der Waals surface area contributed by atoms with Crippen LogP contribution in [0.2, 0.25) is 0 Å². The Labute approximate surface area is 246 Å². The number of carbonyl (C=O) groups excluding carboxylic acids is 2. The minimum atomic E-state index is 0.101. The average molecular weight is 565 g/mol. The Morgan fingerprint density at radius 3 is 1.38 bits per heavy atom. The van der Waals surface area contributed by atoms with E-state index in [9.17, 15) is 9.59 Å². The van der Waals surface area contributed by atoms with E-state index in [2.05, 4.69) is 20.4 Å². The first-order valence-electron chi connectivity index (χ1n) is 14.4. The number of hydrogen-bond donors (Lipinski definition) is 0. The Morgan fingerprint density at radius 2 is 1.02 bits per heavy atom. The smallest absolute Gasteiger partial charge is 0.143 e. The number of hydrogen-bond acceptors (Lipinski definition) is 8. The summed E-state index contributed by atoms with van der Waals surface area (Å²) in [5.74, 6) is 2.32. The molecule has 8 nitrogen and oxygen atoms in total. The van der Waals surface area contributed by atoms with Gasteiger partial charge in [0.25, 0.3) is 0 Å². The van der Waals surface area contributed by atoms with Crippen LogP contribution in [0.3, 0.4) is 0 Å². The van der Waals surface area contributed by atoms with Gasteiger partial charge >= 0.3 is 0 Å². The van der Waals surface area contributed by atoms with Crippen molar-refractivity contribution in [2.45, 2.75) is 63.2 Å². The average Bonchev–Trinajstić information content (AvgIpc) is 3.02. The van der Waals surface area contributed by atoms with Crippen LogP contribution in [0, 0.1) is 0 Å². The van der Waals surface area contributed by atoms with Crippen molar-refractivity contribution < 1.29 is 19.1 Å². The third kappa shape index (κ3) is 7.84. The number of aromatic nitrogens is 4. The Bertz CT molecular complexity index is 1360. The molecule has 2 aromatic heterocycles. The quantitative estimate of drug-likeness (QED) is 0.224. The van der Waals surface area contributed by atoms with Crippen LogP contribution in [0.25, 0.3) is 0 Å². The van der Waals surface area contributed by atoms with Gasteiger partial charge < -0.3 is 9.47 Å². The van der Waals surface area contributed by atoms with Crippen molar-refractivity contribution in [1.29, 1.82) is 0 Å². The van der Waals surface area contributed by atoms with E-state index in [-0.39, 0.29) is 36.2 Å². The molecule has 1 fully saturated rings. The largest absolute Gasteiger partial charge is 0.497 e. The van der Waals surface area contributed by atoms with Gasteiger partial charge in [0, 0.05) is 24.7 Å². The highest BCUT2D eigenvalue weighted by Crippen LogP contribution is 2.39. The summed E-state index contributed by atoms with van der Waals surface area (Å²) in [5, 5.41) is 17.8. The third-order valence-electron chi connectivity index (χ3n) is 7.87. The predicted molar refractivity (Wildman–Crippen MR) is 159 cm³/mol. The van der Waals surface area contributed by atoms with Gasteiger partial charge in [0.1, 0.15) is 23.1 Å². The number of Topliss-reactive ketones (excluding diaryl/α,β-unsaturated/α-hetero) is 2. The van der Waals surface area contributed by atoms with E-state index in [4.69, 9.17) is 9.47 Å². The van der Waals surface area contributed by atoms with E-state index in [0.717, 1.165) is 59.7 Å². The summed E-state index contributed by atoms with van der Waals surface area (Å²) >= 11 is 0. The third-order valence-corrected chi connectivity index (χ3v) is 7.87. The molecular weight excluding hydrogens is 528 g/mol. The number of ketones is 2. The SMILES string of the molecule is COc1ccc(CC(=O)Cc2ccc([C@@H]3CCC[C@@H](c4ccc(CC(=O)Cc5ccc(OC)cc5)nn4)C3)nn2)cc1. The molecule has 1 saturated carbocycles. The first-order valence-corrected chi connectivity index (χ1v) is 14.4. The summed E-state index contributed by atoms with van der Waals surface area (Å²) in [6.45, 7) is 0. The molecule has 0 aliphatic heterocycles. The van der Waals surface area contributed by atoms with Crippen molar-refractivity contribution in [1.82, 2.24) is 20.4 Å². The Morgan fingerprint density at radius 1 is 0.595 bits per heavy atom. The van der Waals surface area contributed by atoms with Crippen LogP contribution >= 0.6 is 0 Å². The van der Waals surface area contributed by atoms with Crippen molar-refractivity contribution >= 4 is 11.6 Å². The highest BCUT2D eigenvalue weighted by Gasteiger charge is 2.27. The molecule has 0 N–H and O–H groups in total. The molecule has 2 atom stereocenters. The van der Waals surface area contributed by atoms with E-state index in [1.807, 2.05) is 72.8 Å². The molecule has 2 aromatic carbocycles. The fourth-order valence-electron chi connectivity index (χ4n) is 5.56. The Balaban J connectivity index is 1.12. The van der Waals surface area contributed by atoms with Crippen molar-refractivity contribution in [3.63, 3.8) is 0 Å². The van der Waals surface area contributed by atoms with Gasteiger partial charge in [0.15, 0.2) is 0 Å². The highest BCUT2D eigenvalue weighted by molar-refractivity contribution is 5.83. The Hall–Kier alpha value is -4.46. The number of rotatable bonds is 12. The topological polar surface area (TPSA) is 104 Å². The monoisotopic (exact) mass is 564 g/mol. The number of ether oxygens (including phenoxy) is 2. The molecule has 1 aliphatic rings. The predicted octanol–water partition coefficient (Wildman–Crippen LogP) is 5.43. The molecule has 0 spiro atoms. The minimum absolute atomic E-state index is 0.101. The van der Waals surface area contributed by atoms with Gasteiger partial charge in [-0.3, -0.25) is 9.59 Å². The summed E-state index contributed by atoms with van der Waals surface area (Å²) in [5.41, 5.74) is 5.20. The lowest BCUT2D eigenvalue weighted by molar-refractivity contribution is -0.118. The fraction of sp³-hybridized carbons (Fsp3) is 0.353. The second-order valence-corrected chi connectivity index (χ2v) is 10.9. The highest BCUT2D eigenvalue weighted by atomic mass is 16.5. The minimum Gasteiger partial charge on any atom is -0.497 e. The molecule has 42 heavy (non-hydrogen) atoms. The molecule has 216 valence electrons. The van der Waals surface area contributed by atoms with Crippen LogP contribution in [0.5, 0.6) is 11.5 Å². The summed E-state index contributed by atoms with van der Waals surface area (Å²) in [4.78, 5) is 25.1. The molecule has 0 saturated heterocycles. The second-order valence-electron chi connectivity index (χ2n) is 10.9. The van der Waals surface area contributed by atoms with Gasteiger partial charge in [-0.25, -0.2) is 0 Å². The zero-order valence-corrected chi connectivity index (χ0v) is 24.2. The number of carbonyl (C=O) groups is 2. The summed E-state index contributed by atoms with van der Waals surface area (Å²) < 4.78 is 10.4. The maximum atomic E-state index is 12.6. The van der Waals surface area contributed by atoms with E-state index in [1.54, 1.807) is 14.2 Å². The van der Waals surface area contributed by atoms with Crippen LogP contribution in [0.4, 0.5) is 0 Å². The van der Waals surface area contributed by atoms with Crippen LogP contribution in [0.15, 0.2) is 72.8 Å². The van der Waals surface area contributed by atoms with Crippen LogP contribution < -0.4 is 9.47 Å². The number of benzene rings is 2. The fourth-order valence-corrected chi connectivity index (χ4v) is 5.56. The first-order chi connectivity index (χ1) is 20.5. The van der Waals surface area contributed by atoms with E-state index in [1.165, 1.54) is 0 Å². The van der Waals surface area contributed by atoms with Gasteiger partial charge in [-0.15, -0.1) is 0 Å². The lowest BCUT2D eigenvalue weighted by atomic mass is 9.78. The van der Waals surface area contributed by atoms with Gasteiger partial charge in [-0.2, -0.15) is 20.4 Å². The van der Waals surface area contributed by atoms with Gasteiger partial charge in [0.2, 0.25) is 0 Å². The Kier molecular flexibility index (Phi) is 9.64. The summed E-state index contributed by atoms with van der Waals surface area (Å²) in [6, 6.07) is 23.0. The van der Waals surface area contributed by atoms with Crippen LogP contribution in [-0.4, -0.2) is 46.2 Å². The molecule has 0 unspecified atom stereocenters. The lowest BCUT2D eigenvalue weighted by Crippen LogP contribution is -2.17. The maximum absolute atomic E-state index is 12.6. The lowest BCUT2D eigenvalue weighted by Gasteiger charge is -2.28. The second kappa shape index (κ2) is 13.9. The first kappa shape index (κ1) is 29.0. The van der Waals surface area contributed by atoms with E-state index >= 15 is 0 Å². The normalized spacial score (nSPS) is 16.5. The zero-order chi connectivity index (χ0) is 29.3. The zero-order valence-electron chi connectivity index (χ0n) is 24.2. The molecular formula is C34H36N4O4. The van der Waals surface area contributed by atoms with Crippen molar-refractivity contribution in [3.05, 3.63) is 107 Å². The molecule has 8 heteroatoms. The molecule has 5 rings (SSSR count). The van der Waals surface area contributed by atoms with Crippen LogP contribution in [0.1, 0.15) is 71.4 Å². The number of nitrogens with zero attached hydrogens (tertiary/aromatic N) is 4. The van der Waals surface area contributed by atoms with Gasteiger partial charge in [0.05, 0.1) is 49.8 Å². The van der Waals surface area contributed by atoms with E-state index in [0.29, 0.717) is 24.2 Å². The molecule has 0 radical (unpaired) electrons. The standard InChI is InChI=1S/C34H36N4O4/c1-41-31-12-6-23(7-13-31)18-29(39)21-27-10-16-33(37-35-27)25-4-3-5-26(20-25)34-17-11-28(36-38-34)22-30(40)19-24-8-14-32(42-2)15-9-24/h6-17,25-26H,3-5,18-22H2,1-2H3/t25-,26-/m1/s1. The number of methoxy groups -OCH3 is 2. The maximum Gasteiger partial charge on any atom is 0.143 e. The van der Waals surface area contributed by atoms with Gasteiger partial charge in [-0.1, -0.05) is 30.7 Å². The van der Waals surface area contributed by atoms with E-state index < -0.39 is 0 Å². The molecule has 0 bridgehead atoms. The molecule has 0 amide bonds. The van der Waals surface area contributed by atoms with Crippen LogP contribution in [-0.2, 0) is 35.3 Å². The summed E-state index contributed by atoms with van der Waals surface area (Å²) in [6.07, 6.45) is 5.33. The van der Waals surface area contributed by atoms with Crippen molar-refractivity contribution in [2.24, 2.45) is 0 Å².